The second-order valence-corrected chi connectivity index (χ2v) is 4.69. The monoisotopic (exact) mass is 253 g/mol. The third-order valence-electron chi connectivity index (χ3n) is 3.26. The molecule has 1 nitrogen and oxygen atoms in total. The van der Waals surface area contributed by atoms with E-state index in [2.05, 4.69) is 4.98 Å². The first-order chi connectivity index (χ1) is 8.18. The number of aryl methyl sites for hydroxylation is 1. The smallest absolute Gasteiger partial charge is 0.185 e. The Labute approximate surface area is 102 Å². The Bertz CT molecular complexity index is 610. The second-order valence-electron chi connectivity index (χ2n) is 4.32. The van der Waals surface area contributed by atoms with Crippen molar-refractivity contribution in [2.24, 2.45) is 0 Å². The first-order valence-electron chi connectivity index (χ1n) is 5.63. The SMILES string of the molecule is Fc1ccc2c(Cl)c3c(nc2c1F)CCCC3. The van der Waals surface area contributed by atoms with Gasteiger partial charge in [0, 0.05) is 11.1 Å². The molecule has 88 valence electrons. The predicted octanol–water partition coefficient (Wildman–Crippen LogP) is 4.05. The van der Waals surface area contributed by atoms with E-state index in [0.717, 1.165) is 43.0 Å². The van der Waals surface area contributed by atoms with Crippen LogP contribution in [0.25, 0.3) is 10.9 Å². The molecule has 3 rings (SSSR count). The van der Waals surface area contributed by atoms with Crippen molar-refractivity contribution in [2.45, 2.75) is 25.7 Å². The molecule has 1 aliphatic carbocycles. The zero-order valence-electron chi connectivity index (χ0n) is 9.06. The van der Waals surface area contributed by atoms with Gasteiger partial charge >= 0.3 is 0 Å². The van der Waals surface area contributed by atoms with Crippen molar-refractivity contribution in [3.8, 4) is 0 Å². The van der Waals surface area contributed by atoms with Gasteiger partial charge in [-0.25, -0.2) is 13.8 Å². The van der Waals surface area contributed by atoms with Crippen LogP contribution in [0.2, 0.25) is 5.02 Å². The van der Waals surface area contributed by atoms with E-state index in [4.69, 9.17) is 11.6 Å². The van der Waals surface area contributed by atoms with Crippen LogP contribution < -0.4 is 0 Å². The van der Waals surface area contributed by atoms with Crippen LogP contribution in [0.3, 0.4) is 0 Å². The van der Waals surface area contributed by atoms with Crippen LogP contribution in [0.1, 0.15) is 24.1 Å². The summed E-state index contributed by atoms with van der Waals surface area (Å²) in [7, 11) is 0. The minimum absolute atomic E-state index is 0.0515. The fourth-order valence-corrected chi connectivity index (χ4v) is 2.73. The summed E-state index contributed by atoms with van der Waals surface area (Å²) in [6.07, 6.45) is 3.76. The molecule has 17 heavy (non-hydrogen) atoms. The number of pyridine rings is 1. The summed E-state index contributed by atoms with van der Waals surface area (Å²) in [5, 5.41) is 1.04. The first-order valence-corrected chi connectivity index (χ1v) is 6.01. The van der Waals surface area contributed by atoms with Gasteiger partial charge in [-0.05, 0) is 43.4 Å². The minimum Gasteiger partial charge on any atom is -0.249 e. The van der Waals surface area contributed by atoms with E-state index in [9.17, 15) is 8.78 Å². The predicted molar refractivity (Wildman–Crippen MR) is 63.3 cm³/mol. The highest BCUT2D eigenvalue weighted by molar-refractivity contribution is 6.36. The zero-order valence-corrected chi connectivity index (χ0v) is 9.82. The van der Waals surface area contributed by atoms with Crippen LogP contribution in [0.4, 0.5) is 8.78 Å². The Morgan fingerprint density at radius 3 is 2.71 bits per heavy atom. The maximum absolute atomic E-state index is 13.7. The first kappa shape index (κ1) is 10.9. The van der Waals surface area contributed by atoms with Gasteiger partial charge in [-0.3, -0.25) is 0 Å². The Kier molecular flexibility index (Phi) is 2.51. The number of aromatic nitrogens is 1. The van der Waals surface area contributed by atoms with Gasteiger partial charge in [0.05, 0.1) is 5.02 Å². The number of halogens is 3. The van der Waals surface area contributed by atoms with Crippen molar-refractivity contribution >= 4 is 22.5 Å². The lowest BCUT2D eigenvalue weighted by Gasteiger charge is -2.17. The molecule has 0 saturated carbocycles. The summed E-state index contributed by atoms with van der Waals surface area (Å²) < 4.78 is 26.8. The summed E-state index contributed by atoms with van der Waals surface area (Å²) >= 11 is 6.25. The number of rotatable bonds is 0. The van der Waals surface area contributed by atoms with Gasteiger partial charge in [-0.2, -0.15) is 0 Å². The summed E-state index contributed by atoms with van der Waals surface area (Å²) in [4.78, 5) is 4.24. The molecule has 1 aliphatic rings. The maximum atomic E-state index is 13.7. The number of fused-ring (bicyclic) bond motifs is 2. The van der Waals surface area contributed by atoms with Gasteiger partial charge in [0.25, 0.3) is 0 Å². The van der Waals surface area contributed by atoms with Crippen molar-refractivity contribution < 1.29 is 8.78 Å². The lowest BCUT2D eigenvalue weighted by Crippen LogP contribution is -2.07. The van der Waals surface area contributed by atoms with Gasteiger partial charge in [0.2, 0.25) is 0 Å². The lowest BCUT2D eigenvalue weighted by molar-refractivity contribution is 0.514. The fraction of sp³-hybridized carbons (Fsp3) is 0.308. The molecule has 0 aliphatic heterocycles. The molecule has 0 amide bonds. The normalized spacial score (nSPS) is 15.0. The van der Waals surface area contributed by atoms with Crippen molar-refractivity contribution in [2.75, 3.05) is 0 Å². The molecule has 4 heteroatoms. The fourth-order valence-electron chi connectivity index (χ4n) is 2.37. The number of hydrogen-bond acceptors (Lipinski definition) is 1. The van der Waals surface area contributed by atoms with Crippen molar-refractivity contribution in [3.05, 3.63) is 40.0 Å². The zero-order chi connectivity index (χ0) is 12.0. The van der Waals surface area contributed by atoms with Gasteiger partial charge in [-0.1, -0.05) is 11.6 Å². The highest BCUT2D eigenvalue weighted by atomic mass is 35.5. The van der Waals surface area contributed by atoms with Crippen LogP contribution in [0, 0.1) is 11.6 Å². The standard InChI is InChI=1S/C13H10ClF2N/c14-11-7-3-1-2-4-10(7)17-13-8(11)5-6-9(15)12(13)16/h5-6H,1-4H2. The van der Waals surface area contributed by atoms with Crippen molar-refractivity contribution in [3.63, 3.8) is 0 Å². The average molecular weight is 254 g/mol. The molecule has 0 spiro atoms. The van der Waals surface area contributed by atoms with Gasteiger partial charge in [-0.15, -0.1) is 0 Å². The number of hydrogen-bond donors (Lipinski definition) is 0. The van der Waals surface area contributed by atoms with Crippen LogP contribution in [-0.2, 0) is 12.8 Å². The van der Waals surface area contributed by atoms with Crippen molar-refractivity contribution in [1.29, 1.82) is 0 Å². The molecule has 0 fully saturated rings. The maximum Gasteiger partial charge on any atom is 0.185 e. The topological polar surface area (TPSA) is 12.9 Å². The molecule has 0 unspecified atom stereocenters. The van der Waals surface area contributed by atoms with Crippen molar-refractivity contribution in [1.82, 2.24) is 4.98 Å². The van der Waals surface area contributed by atoms with E-state index in [1.807, 2.05) is 0 Å². The van der Waals surface area contributed by atoms with E-state index in [1.165, 1.54) is 6.07 Å². The van der Waals surface area contributed by atoms with E-state index in [0.29, 0.717) is 10.4 Å². The van der Waals surface area contributed by atoms with Crippen LogP contribution >= 0.6 is 11.6 Å². The minimum atomic E-state index is -0.905. The Morgan fingerprint density at radius 2 is 1.88 bits per heavy atom. The molecule has 0 radical (unpaired) electrons. The highest BCUT2D eigenvalue weighted by Crippen LogP contribution is 2.34. The van der Waals surface area contributed by atoms with E-state index >= 15 is 0 Å². The molecule has 1 aromatic heterocycles. The average Bonchev–Trinajstić information content (AvgIpc) is 2.35. The van der Waals surface area contributed by atoms with E-state index in [1.54, 1.807) is 0 Å². The molecule has 0 saturated heterocycles. The molecule has 1 heterocycles. The third kappa shape index (κ3) is 1.61. The molecule has 2 aromatic rings. The Hall–Kier alpha value is -1.22. The van der Waals surface area contributed by atoms with Crippen LogP contribution in [-0.4, -0.2) is 4.98 Å². The second kappa shape index (κ2) is 3.91. The summed E-state index contributed by atoms with van der Waals surface area (Å²) in [5.41, 5.74) is 1.87. The van der Waals surface area contributed by atoms with Crippen LogP contribution in [0.5, 0.6) is 0 Å². The number of nitrogens with zero attached hydrogens (tertiary/aromatic N) is 1. The largest absolute Gasteiger partial charge is 0.249 e. The Balaban J connectivity index is 2.40. The summed E-state index contributed by atoms with van der Waals surface area (Å²) in [5.74, 6) is -1.78. The third-order valence-corrected chi connectivity index (χ3v) is 3.69. The Morgan fingerprint density at radius 1 is 1.12 bits per heavy atom. The molecule has 0 N–H and O–H groups in total. The van der Waals surface area contributed by atoms with Gasteiger partial charge < -0.3 is 0 Å². The molecular weight excluding hydrogens is 244 g/mol. The molecule has 1 aromatic carbocycles. The van der Waals surface area contributed by atoms with Gasteiger partial charge in [0.1, 0.15) is 5.52 Å². The van der Waals surface area contributed by atoms with E-state index in [-0.39, 0.29) is 5.52 Å². The van der Waals surface area contributed by atoms with Gasteiger partial charge in [0.15, 0.2) is 11.6 Å². The van der Waals surface area contributed by atoms with E-state index < -0.39 is 11.6 Å². The lowest BCUT2D eigenvalue weighted by atomic mass is 9.94. The molecular formula is C13H10ClF2N. The summed E-state index contributed by atoms with van der Waals surface area (Å²) in [6.45, 7) is 0. The molecule has 0 bridgehead atoms. The summed E-state index contributed by atoms with van der Waals surface area (Å²) in [6, 6.07) is 2.60. The number of benzene rings is 1. The highest BCUT2D eigenvalue weighted by Gasteiger charge is 2.19. The van der Waals surface area contributed by atoms with Crippen LogP contribution in [0.15, 0.2) is 12.1 Å². The molecule has 0 atom stereocenters. The quantitative estimate of drug-likeness (QED) is 0.690.